The second-order valence-corrected chi connectivity index (χ2v) is 5.68. The molecule has 3 heteroatoms. The molecule has 1 N–H and O–H groups in total. The monoisotopic (exact) mass is 253 g/mol. The first-order valence-corrected chi connectivity index (χ1v) is 6.74. The number of rotatable bonds is 4. The van der Waals surface area contributed by atoms with Crippen molar-refractivity contribution in [2.45, 2.75) is 45.6 Å². The Morgan fingerprint density at radius 1 is 1.11 bits per heavy atom. The Labute approximate surface area is 108 Å². The molecule has 1 aromatic carbocycles. The van der Waals surface area contributed by atoms with E-state index in [0.29, 0.717) is 5.41 Å². The van der Waals surface area contributed by atoms with Gasteiger partial charge in [-0.3, -0.25) is 0 Å². The average molecular weight is 253 g/mol. The normalized spacial score (nSPS) is 18.8. The molecular formula is C15H21F2N. The molecule has 0 radical (unpaired) electrons. The predicted octanol–water partition coefficient (Wildman–Crippen LogP) is 4.02. The van der Waals surface area contributed by atoms with Crippen LogP contribution in [0.5, 0.6) is 0 Å². The average Bonchev–Trinajstić information content (AvgIpc) is 2.34. The molecule has 100 valence electrons. The van der Waals surface area contributed by atoms with Crippen molar-refractivity contribution in [2.24, 2.45) is 5.41 Å². The molecule has 1 aromatic rings. The zero-order valence-corrected chi connectivity index (χ0v) is 10.9. The maximum Gasteiger partial charge on any atom is 0.130 e. The number of nitrogens with one attached hydrogen (secondary N) is 1. The Bertz CT molecular complexity index is 377. The SMILES string of the molecule is CC1(CNCc2c(F)cccc2F)CCCCC1. The van der Waals surface area contributed by atoms with Crippen LogP contribution >= 0.6 is 0 Å². The van der Waals surface area contributed by atoms with E-state index in [4.69, 9.17) is 0 Å². The van der Waals surface area contributed by atoms with Gasteiger partial charge in [-0.2, -0.15) is 0 Å². The van der Waals surface area contributed by atoms with Crippen molar-refractivity contribution in [3.05, 3.63) is 35.4 Å². The topological polar surface area (TPSA) is 12.0 Å². The van der Waals surface area contributed by atoms with Crippen LogP contribution in [0.25, 0.3) is 0 Å². The lowest BCUT2D eigenvalue weighted by Crippen LogP contribution is -2.33. The van der Waals surface area contributed by atoms with Crippen molar-refractivity contribution in [1.29, 1.82) is 0 Å². The van der Waals surface area contributed by atoms with Gasteiger partial charge in [-0.1, -0.05) is 32.3 Å². The minimum atomic E-state index is -0.462. The fourth-order valence-electron chi connectivity index (χ4n) is 2.77. The van der Waals surface area contributed by atoms with Gasteiger partial charge < -0.3 is 5.32 Å². The Morgan fingerprint density at radius 3 is 2.33 bits per heavy atom. The van der Waals surface area contributed by atoms with Gasteiger partial charge in [0.05, 0.1) is 0 Å². The Hall–Kier alpha value is -0.960. The summed E-state index contributed by atoms with van der Waals surface area (Å²) in [6, 6.07) is 4.02. The summed E-state index contributed by atoms with van der Waals surface area (Å²) in [5.41, 5.74) is 0.442. The lowest BCUT2D eigenvalue weighted by molar-refractivity contribution is 0.207. The third-order valence-corrected chi connectivity index (χ3v) is 3.98. The minimum Gasteiger partial charge on any atom is -0.312 e. The van der Waals surface area contributed by atoms with Gasteiger partial charge in [0, 0.05) is 18.7 Å². The summed E-state index contributed by atoms with van der Waals surface area (Å²) >= 11 is 0. The first-order chi connectivity index (χ1) is 8.61. The fourth-order valence-corrected chi connectivity index (χ4v) is 2.77. The molecule has 0 spiro atoms. The highest BCUT2D eigenvalue weighted by atomic mass is 19.1. The zero-order chi connectivity index (χ0) is 13.0. The first-order valence-electron chi connectivity index (χ1n) is 6.74. The summed E-state index contributed by atoms with van der Waals surface area (Å²) < 4.78 is 26.9. The standard InChI is InChI=1S/C15H21F2N/c1-15(8-3-2-4-9-15)11-18-10-12-13(16)6-5-7-14(12)17/h5-7,18H,2-4,8-11H2,1H3. The van der Waals surface area contributed by atoms with Crippen LogP contribution in [0.4, 0.5) is 8.78 Å². The van der Waals surface area contributed by atoms with Crippen molar-refractivity contribution in [1.82, 2.24) is 5.32 Å². The molecule has 0 aromatic heterocycles. The Kier molecular flexibility index (Phi) is 4.33. The van der Waals surface area contributed by atoms with E-state index >= 15 is 0 Å². The molecule has 0 aliphatic heterocycles. The van der Waals surface area contributed by atoms with Crippen molar-refractivity contribution < 1.29 is 8.78 Å². The van der Waals surface area contributed by atoms with Gasteiger partial charge in [0.1, 0.15) is 11.6 Å². The van der Waals surface area contributed by atoms with Crippen LogP contribution < -0.4 is 5.32 Å². The second-order valence-electron chi connectivity index (χ2n) is 5.68. The number of halogens is 2. The van der Waals surface area contributed by atoms with Gasteiger partial charge >= 0.3 is 0 Å². The number of hydrogen-bond donors (Lipinski definition) is 1. The lowest BCUT2D eigenvalue weighted by atomic mass is 9.76. The molecule has 1 aliphatic rings. The van der Waals surface area contributed by atoms with Gasteiger partial charge in [-0.15, -0.1) is 0 Å². The van der Waals surface area contributed by atoms with Crippen molar-refractivity contribution in [3.63, 3.8) is 0 Å². The van der Waals surface area contributed by atoms with E-state index in [1.807, 2.05) is 0 Å². The van der Waals surface area contributed by atoms with Gasteiger partial charge in [0.2, 0.25) is 0 Å². The molecular weight excluding hydrogens is 232 g/mol. The van der Waals surface area contributed by atoms with Crippen LogP contribution in [-0.4, -0.2) is 6.54 Å². The van der Waals surface area contributed by atoms with Crippen LogP contribution in [0.1, 0.15) is 44.6 Å². The molecule has 1 aliphatic carbocycles. The molecule has 1 fully saturated rings. The van der Waals surface area contributed by atoms with Gasteiger partial charge in [-0.25, -0.2) is 8.78 Å². The summed E-state index contributed by atoms with van der Waals surface area (Å²) in [5, 5.41) is 3.21. The molecule has 0 bridgehead atoms. The first kappa shape index (κ1) is 13.5. The molecule has 18 heavy (non-hydrogen) atoms. The smallest absolute Gasteiger partial charge is 0.130 e. The van der Waals surface area contributed by atoms with E-state index in [1.54, 1.807) is 0 Å². The quantitative estimate of drug-likeness (QED) is 0.854. The second kappa shape index (κ2) is 5.79. The fraction of sp³-hybridized carbons (Fsp3) is 0.600. The zero-order valence-electron chi connectivity index (χ0n) is 10.9. The van der Waals surface area contributed by atoms with E-state index in [1.165, 1.54) is 50.3 Å². The molecule has 2 rings (SSSR count). The van der Waals surface area contributed by atoms with Gasteiger partial charge in [0.15, 0.2) is 0 Å². The highest BCUT2D eigenvalue weighted by molar-refractivity contribution is 5.19. The van der Waals surface area contributed by atoms with Crippen molar-refractivity contribution in [3.8, 4) is 0 Å². The molecule has 0 atom stereocenters. The molecule has 0 unspecified atom stereocenters. The number of benzene rings is 1. The summed E-state index contributed by atoms with van der Waals surface area (Å²) in [5.74, 6) is -0.924. The number of hydrogen-bond acceptors (Lipinski definition) is 1. The largest absolute Gasteiger partial charge is 0.312 e. The van der Waals surface area contributed by atoms with Crippen LogP contribution in [0.2, 0.25) is 0 Å². The van der Waals surface area contributed by atoms with E-state index < -0.39 is 11.6 Å². The van der Waals surface area contributed by atoms with Crippen LogP contribution in [0, 0.1) is 17.0 Å². The highest BCUT2D eigenvalue weighted by Gasteiger charge is 2.26. The summed E-state index contributed by atoms with van der Waals surface area (Å²) in [6.45, 7) is 3.37. The Morgan fingerprint density at radius 2 is 1.72 bits per heavy atom. The van der Waals surface area contributed by atoms with Crippen molar-refractivity contribution >= 4 is 0 Å². The third kappa shape index (κ3) is 3.29. The maximum absolute atomic E-state index is 13.4. The predicted molar refractivity (Wildman–Crippen MR) is 69.3 cm³/mol. The van der Waals surface area contributed by atoms with Crippen LogP contribution in [0.3, 0.4) is 0 Å². The molecule has 1 saturated carbocycles. The van der Waals surface area contributed by atoms with E-state index in [0.717, 1.165) is 6.54 Å². The molecule has 1 nitrogen and oxygen atoms in total. The summed E-state index contributed by atoms with van der Waals surface area (Å²) in [4.78, 5) is 0. The third-order valence-electron chi connectivity index (χ3n) is 3.98. The maximum atomic E-state index is 13.4. The van der Waals surface area contributed by atoms with Gasteiger partial charge in [0.25, 0.3) is 0 Å². The van der Waals surface area contributed by atoms with E-state index in [9.17, 15) is 8.78 Å². The Balaban J connectivity index is 1.88. The summed E-state index contributed by atoms with van der Waals surface area (Å²) in [7, 11) is 0. The molecule has 0 heterocycles. The van der Waals surface area contributed by atoms with Crippen LogP contribution in [-0.2, 0) is 6.54 Å². The van der Waals surface area contributed by atoms with Crippen LogP contribution in [0.15, 0.2) is 18.2 Å². The summed E-state index contributed by atoms with van der Waals surface area (Å²) in [6.07, 6.45) is 6.27. The van der Waals surface area contributed by atoms with Gasteiger partial charge in [-0.05, 0) is 30.4 Å². The van der Waals surface area contributed by atoms with Crippen molar-refractivity contribution in [2.75, 3.05) is 6.54 Å². The molecule has 0 amide bonds. The minimum absolute atomic E-state index is 0.150. The van der Waals surface area contributed by atoms with E-state index in [-0.39, 0.29) is 12.1 Å². The molecule has 0 saturated heterocycles. The highest BCUT2D eigenvalue weighted by Crippen LogP contribution is 2.35. The lowest BCUT2D eigenvalue weighted by Gasteiger charge is -2.33. The van der Waals surface area contributed by atoms with E-state index in [2.05, 4.69) is 12.2 Å².